The first kappa shape index (κ1) is 31.8. The monoisotopic (exact) mass is 645 g/mol. The van der Waals surface area contributed by atoms with Crippen LogP contribution in [-0.2, 0) is 38.3 Å². The number of esters is 2. The maximum atomic E-state index is 13.8. The standard InChI is InChI=1S/C29H25Cl2N3O8S/c1-40-21(36)15-41-33-22(20(35)14-31)26(37)32-23-27(38)34-24(19(12-13-30)16-43-28(23)34)29(39)42-25(17-8-4-2-5-9-17)18-10-6-3-7-11-18/h2-13,23,25,28H,14-16H2,1H3,(H,32,37)/b13-12+,33-22?/t23?,28-/m0/s1. The molecule has 14 heteroatoms. The number of allylic oxidation sites excluding steroid dienone is 1. The quantitative estimate of drug-likeness (QED) is 0.0920. The number of ether oxygens (including phenoxy) is 2. The number of ketones is 1. The molecule has 0 aromatic heterocycles. The van der Waals surface area contributed by atoms with Gasteiger partial charge in [-0.15, -0.1) is 23.4 Å². The highest BCUT2D eigenvalue weighted by molar-refractivity contribution is 8.00. The SMILES string of the molecule is COC(=O)CON=C(C(=O)CCl)C(=O)NC1C(=O)N2C(C(=O)OC(c3ccccc3)c3ccccc3)=C(/C=C/Cl)CS[C@@H]12. The Morgan fingerprint density at radius 2 is 1.72 bits per heavy atom. The van der Waals surface area contributed by atoms with Crippen LogP contribution in [0.25, 0.3) is 0 Å². The largest absolute Gasteiger partial charge is 0.466 e. The van der Waals surface area contributed by atoms with Crippen LogP contribution >= 0.6 is 35.0 Å². The van der Waals surface area contributed by atoms with Gasteiger partial charge in [-0.25, -0.2) is 9.59 Å². The summed E-state index contributed by atoms with van der Waals surface area (Å²) in [6.07, 6.45) is 0.734. The van der Waals surface area contributed by atoms with E-state index in [0.717, 1.165) is 18.2 Å². The van der Waals surface area contributed by atoms with E-state index in [2.05, 4.69) is 15.2 Å². The number of Topliss-reactive ketones (excluding diaryl/α,β-unsaturated/α-hetero) is 1. The van der Waals surface area contributed by atoms with Crippen LogP contribution in [0.5, 0.6) is 0 Å². The molecule has 0 bridgehead atoms. The molecule has 0 saturated carbocycles. The number of hydrogen-bond donors (Lipinski definition) is 1. The van der Waals surface area contributed by atoms with Crippen molar-refractivity contribution in [3.8, 4) is 0 Å². The molecule has 2 amide bonds. The third kappa shape index (κ3) is 7.27. The van der Waals surface area contributed by atoms with E-state index < -0.39 is 65.3 Å². The molecular formula is C29H25Cl2N3O8S. The van der Waals surface area contributed by atoms with E-state index in [0.29, 0.717) is 5.57 Å². The lowest BCUT2D eigenvalue weighted by Crippen LogP contribution is -2.71. The van der Waals surface area contributed by atoms with Crippen LogP contribution in [0.2, 0.25) is 0 Å². The molecule has 0 radical (unpaired) electrons. The summed E-state index contributed by atoms with van der Waals surface area (Å²) in [5.74, 6) is -4.45. The fourth-order valence-electron chi connectivity index (χ4n) is 4.28. The third-order valence-corrected chi connectivity index (χ3v) is 8.01. The molecule has 2 aliphatic rings. The van der Waals surface area contributed by atoms with Crippen LogP contribution < -0.4 is 5.32 Å². The zero-order valence-corrected chi connectivity index (χ0v) is 24.9. The van der Waals surface area contributed by atoms with Crippen molar-refractivity contribution < 1.29 is 38.3 Å². The average Bonchev–Trinajstić information content (AvgIpc) is 3.04. The molecule has 4 rings (SSSR count). The van der Waals surface area contributed by atoms with E-state index in [1.54, 1.807) is 0 Å². The first-order valence-corrected chi connectivity index (χ1v) is 14.7. The average molecular weight is 647 g/mol. The molecule has 2 aliphatic heterocycles. The van der Waals surface area contributed by atoms with Crippen molar-refractivity contribution in [1.82, 2.24) is 10.2 Å². The highest BCUT2D eigenvalue weighted by Crippen LogP contribution is 2.42. The fraction of sp³-hybridized carbons (Fsp3) is 0.241. The molecule has 11 nitrogen and oxygen atoms in total. The summed E-state index contributed by atoms with van der Waals surface area (Å²) >= 11 is 12.7. The molecule has 0 spiro atoms. The first-order valence-electron chi connectivity index (χ1n) is 12.7. The molecule has 224 valence electrons. The molecule has 2 aromatic rings. The van der Waals surface area contributed by atoms with Crippen LogP contribution in [0, 0.1) is 0 Å². The molecule has 2 heterocycles. The number of halogens is 2. The Labute approximate surface area is 260 Å². The van der Waals surface area contributed by atoms with Crippen LogP contribution in [0.15, 0.2) is 88.7 Å². The predicted octanol–water partition coefficient (Wildman–Crippen LogP) is 3.08. The maximum Gasteiger partial charge on any atom is 0.356 e. The van der Waals surface area contributed by atoms with Gasteiger partial charge in [-0.05, 0) is 22.8 Å². The number of benzene rings is 2. The summed E-state index contributed by atoms with van der Waals surface area (Å²) in [7, 11) is 1.12. The molecule has 0 aliphatic carbocycles. The van der Waals surface area contributed by atoms with E-state index in [-0.39, 0.29) is 11.4 Å². The Bertz CT molecular complexity index is 1440. The number of methoxy groups -OCH3 is 1. The Morgan fingerprint density at radius 3 is 2.28 bits per heavy atom. The number of carbonyl (C=O) groups is 5. The normalized spacial score (nSPS) is 18.2. The molecular weight excluding hydrogens is 621 g/mol. The van der Waals surface area contributed by atoms with Crippen molar-refractivity contribution >= 4 is 70.2 Å². The second-order valence-corrected chi connectivity index (χ2v) is 10.6. The van der Waals surface area contributed by atoms with Crippen molar-refractivity contribution in [2.75, 3.05) is 25.3 Å². The summed E-state index contributed by atoms with van der Waals surface area (Å²) in [4.78, 5) is 69.6. The van der Waals surface area contributed by atoms with Gasteiger partial charge in [0, 0.05) is 11.3 Å². The van der Waals surface area contributed by atoms with Gasteiger partial charge in [-0.2, -0.15) is 0 Å². The molecule has 2 atom stereocenters. The molecule has 43 heavy (non-hydrogen) atoms. The molecule has 1 unspecified atom stereocenters. The van der Waals surface area contributed by atoms with Gasteiger partial charge in [0.05, 0.1) is 13.0 Å². The second kappa shape index (κ2) is 14.9. The summed E-state index contributed by atoms with van der Waals surface area (Å²) in [5.41, 5.74) is 2.39. The first-order chi connectivity index (χ1) is 20.8. The highest BCUT2D eigenvalue weighted by Gasteiger charge is 2.54. The van der Waals surface area contributed by atoms with Crippen LogP contribution in [0.3, 0.4) is 0 Å². The Morgan fingerprint density at radius 1 is 1.09 bits per heavy atom. The molecule has 1 fully saturated rings. The number of rotatable bonds is 12. The number of nitrogens with zero attached hydrogens (tertiary/aromatic N) is 2. The van der Waals surface area contributed by atoms with E-state index in [9.17, 15) is 24.0 Å². The summed E-state index contributed by atoms with van der Waals surface area (Å²) in [6.45, 7) is -0.655. The number of β-lactam (4-membered cyclic amide) rings is 1. The van der Waals surface area contributed by atoms with Gasteiger partial charge in [0.2, 0.25) is 18.1 Å². The van der Waals surface area contributed by atoms with Gasteiger partial charge in [-0.3, -0.25) is 19.3 Å². The van der Waals surface area contributed by atoms with Crippen molar-refractivity contribution in [3.63, 3.8) is 0 Å². The Hall–Kier alpha value is -4.13. The van der Waals surface area contributed by atoms with Crippen molar-refractivity contribution in [1.29, 1.82) is 0 Å². The zero-order valence-electron chi connectivity index (χ0n) is 22.6. The maximum absolute atomic E-state index is 13.8. The summed E-state index contributed by atoms with van der Waals surface area (Å²) < 4.78 is 10.4. The van der Waals surface area contributed by atoms with Gasteiger partial charge < -0.3 is 19.6 Å². The van der Waals surface area contributed by atoms with E-state index in [4.69, 9.17) is 32.8 Å². The van der Waals surface area contributed by atoms with Crippen molar-refractivity contribution in [2.24, 2.45) is 5.16 Å². The lowest BCUT2D eigenvalue weighted by Gasteiger charge is -2.49. The minimum atomic E-state index is -1.12. The van der Waals surface area contributed by atoms with E-state index >= 15 is 0 Å². The van der Waals surface area contributed by atoms with Gasteiger partial charge >= 0.3 is 11.9 Å². The lowest BCUT2D eigenvalue weighted by molar-refractivity contribution is -0.154. The van der Waals surface area contributed by atoms with Crippen molar-refractivity contribution in [2.45, 2.75) is 17.5 Å². The fourth-order valence-corrected chi connectivity index (χ4v) is 5.88. The summed E-state index contributed by atoms with van der Waals surface area (Å²) in [6, 6.07) is 17.2. The van der Waals surface area contributed by atoms with Gasteiger partial charge in [0.15, 0.2) is 6.10 Å². The molecule has 1 saturated heterocycles. The number of alkyl halides is 1. The highest BCUT2D eigenvalue weighted by atomic mass is 35.5. The minimum Gasteiger partial charge on any atom is -0.466 e. The topological polar surface area (TPSA) is 141 Å². The van der Waals surface area contributed by atoms with Gasteiger partial charge in [0.1, 0.15) is 17.1 Å². The van der Waals surface area contributed by atoms with Gasteiger partial charge in [0.25, 0.3) is 11.8 Å². The predicted molar refractivity (Wildman–Crippen MR) is 159 cm³/mol. The number of oxime groups is 1. The smallest absolute Gasteiger partial charge is 0.356 e. The number of amides is 2. The summed E-state index contributed by atoms with van der Waals surface area (Å²) in [5, 5.41) is 5.17. The number of hydrogen-bond acceptors (Lipinski definition) is 10. The molecule has 1 N–H and O–H groups in total. The number of fused-ring (bicyclic) bond motifs is 1. The minimum absolute atomic E-state index is 0.0138. The Kier molecular flexibility index (Phi) is 11.0. The Balaban J connectivity index is 1.57. The van der Waals surface area contributed by atoms with Crippen LogP contribution in [-0.4, -0.2) is 76.9 Å². The van der Waals surface area contributed by atoms with Crippen LogP contribution in [0.1, 0.15) is 17.2 Å². The van der Waals surface area contributed by atoms with Gasteiger partial charge in [-0.1, -0.05) is 77.4 Å². The zero-order chi connectivity index (χ0) is 30.9. The van der Waals surface area contributed by atoms with Crippen LogP contribution in [0.4, 0.5) is 0 Å². The second-order valence-electron chi connectivity index (χ2n) is 8.98. The number of thioether (sulfide) groups is 1. The lowest BCUT2D eigenvalue weighted by atomic mass is 10.0. The molecule has 2 aromatic carbocycles. The van der Waals surface area contributed by atoms with Crippen molar-refractivity contribution in [3.05, 3.63) is 94.7 Å². The van der Waals surface area contributed by atoms with E-state index in [1.807, 2.05) is 60.7 Å². The number of nitrogens with one attached hydrogen (secondary N) is 1. The number of carbonyl (C=O) groups excluding carboxylic acids is 5. The van der Waals surface area contributed by atoms with E-state index in [1.165, 1.54) is 28.3 Å². The third-order valence-electron chi connectivity index (χ3n) is 6.34.